The van der Waals surface area contributed by atoms with Gasteiger partial charge in [-0.25, -0.2) is 27.1 Å². The van der Waals surface area contributed by atoms with Crippen LogP contribution in [0.25, 0.3) is 0 Å². The van der Waals surface area contributed by atoms with Gasteiger partial charge in [0, 0.05) is 24.4 Å². The number of thiophene rings is 1. The average Bonchev–Trinajstić information content (AvgIpc) is 3.70. The normalized spacial score (nSPS) is 27.6. The molecule has 0 spiro atoms. The zero-order valence-corrected chi connectivity index (χ0v) is 33.4. The number of benzene rings is 1. The van der Waals surface area contributed by atoms with E-state index in [0.717, 1.165) is 49.5 Å². The van der Waals surface area contributed by atoms with Crippen molar-refractivity contribution in [2.45, 2.75) is 118 Å². The highest BCUT2D eigenvalue weighted by Crippen LogP contribution is 2.46. The minimum atomic E-state index is -4.50. The number of amides is 5. The molecule has 1 aromatic heterocycles. The molecule has 4 heterocycles. The Balaban J connectivity index is 1.14. The van der Waals surface area contributed by atoms with E-state index in [9.17, 15) is 36.8 Å². The van der Waals surface area contributed by atoms with Gasteiger partial charge in [-0.3, -0.25) is 19.3 Å². The fraction of sp³-hybridized carbons (Fsp3) is 0.541. The lowest BCUT2D eigenvalue weighted by Crippen LogP contribution is -2.58. The van der Waals surface area contributed by atoms with Crippen LogP contribution in [0.1, 0.15) is 81.8 Å². The van der Waals surface area contributed by atoms with Crippen molar-refractivity contribution in [2.75, 3.05) is 6.54 Å². The Hall–Kier alpha value is -3.93. The summed E-state index contributed by atoms with van der Waals surface area (Å²) in [5, 5.41) is 5.47. The quantitative estimate of drug-likeness (QED) is 0.314. The summed E-state index contributed by atoms with van der Waals surface area (Å²) in [4.78, 5) is 71.3. The van der Waals surface area contributed by atoms with E-state index in [1.807, 2.05) is 6.08 Å². The maximum absolute atomic E-state index is 14.5. The number of nitrogens with zero attached hydrogens (tertiary/aromatic N) is 2. The second-order valence-electron chi connectivity index (χ2n) is 15.0. The standard InChI is InChI=1S/C37H42Cl2FN5O9S2/c38-30-16-29(31(39)55-30)56(51,52)43-34(48)37-17-22(37)10-4-2-1-3-5-14-27(41-35(49)53-23-11-6-7-12-23)33(47)45-19-24(15-28(45)32(46)42-37)54-36(50)44-18-21-9-8-13-26(40)25(21)20-44/h4,8-10,13,16,22-24,27-28H,1-3,5-7,11-12,14-15,17-20H2,(H,41,49)(H,42,46)(H,43,48)/b10-4-/t22-,24-,27+,28+,37-/m1/s1. The first-order valence-corrected chi connectivity index (χ1v) is 21.8. The molecule has 3 aliphatic heterocycles. The molecule has 1 aromatic carbocycles. The summed E-state index contributed by atoms with van der Waals surface area (Å²) in [6.07, 6.45) is 6.93. The molecule has 19 heteroatoms. The Labute approximate surface area is 337 Å². The number of hydrogen-bond acceptors (Lipinski definition) is 10. The molecule has 2 saturated carbocycles. The second kappa shape index (κ2) is 16.5. The van der Waals surface area contributed by atoms with Crippen LogP contribution in [0.4, 0.5) is 14.0 Å². The van der Waals surface area contributed by atoms with Gasteiger partial charge in [-0.05, 0) is 69.1 Å². The van der Waals surface area contributed by atoms with Crippen molar-refractivity contribution in [3.63, 3.8) is 0 Å². The number of halogens is 3. The predicted molar refractivity (Wildman–Crippen MR) is 203 cm³/mol. The topological polar surface area (TPSA) is 181 Å². The molecular weight excluding hydrogens is 812 g/mol. The summed E-state index contributed by atoms with van der Waals surface area (Å²) < 4.78 is 54.5. The van der Waals surface area contributed by atoms with E-state index in [0.29, 0.717) is 30.4 Å². The lowest BCUT2D eigenvalue weighted by molar-refractivity contribution is -0.141. The van der Waals surface area contributed by atoms with Gasteiger partial charge < -0.3 is 25.0 Å². The van der Waals surface area contributed by atoms with Crippen LogP contribution >= 0.6 is 34.5 Å². The summed E-state index contributed by atoms with van der Waals surface area (Å²) in [5.41, 5.74) is -0.693. The molecule has 0 radical (unpaired) electrons. The Morgan fingerprint density at radius 3 is 2.50 bits per heavy atom. The van der Waals surface area contributed by atoms with Gasteiger partial charge in [0.15, 0.2) is 0 Å². The number of sulfonamides is 1. The van der Waals surface area contributed by atoms with Crippen LogP contribution in [0.5, 0.6) is 0 Å². The van der Waals surface area contributed by atoms with Crippen LogP contribution in [0.2, 0.25) is 8.67 Å². The molecular formula is C37H42Cl2FN5O9S2. The van der Waals surface area contributed by atoms with Gasteiger partial charge in [-0.15, -0.1) is 11.3 Å². The first kappa shape index (κ1) is 40.3. The van der Waals surface area contributed by atoms with Crippen LogP contribution in [-0.2, 0) is 47.0 Å². The molecule has 7 rings (SSSR count). The van der Waals surface area contributed by atoms with E-state index in [4.69, 9.17) is 32.7 Å². The van der Waals surface area contributed by atoms with Gasteiger partial charge in [0.2, 0.25) is 11.8 Å². The number of fused-ring (bicyclic) bond motifs is 3. The van der Waals surface area contributed by atoms with Crippen LogP contribution in [-0.4, -0.2) is 84.5 Å². The fourth-order valence-electron chi connectivity index (χ4n) is 8.00. The molecule has 0 unspecified atom stereocenters. The van der Waals surface area contributed by atoms with Gasteiger partial charge in [0.1, 0.15) is 44.9 Å². The number of allylic oxidation sites excluding steroid dienone is 1. The highest BCUT2D eigenvalue weighted by atomic mass is 35.5. The number of hydrogen-bond donors (Lipinski definition) is 3. The van der Waals surface area contributed by atoms with Gasteiger partial charge >= 0.3 is 12.2 Å². The summed E-state index contributed by atoms with van der Waals surface area (Å²) in [5.74, 6) is -3.41. The van der Waals surface area contributed by atoms with E-state index in [2.05, 4.69) is 15.4 Å². The fourth-order valence-corrected chi connectivity index (χ4v) is 11.2. The average molecular weight is 855 g/mol. The van der Waals surface area contributed by atoms with E-state index in [1.165, 1.54) is 15.9 Å². The van der Waals surface area contributed by atoms with E-state index in [1.54, 1.807) is 18.2 Å². The molecule has 5 atom stereocenters. The smallest absolute Gasteiger partial charge is 0.410 e. The lowest BCUT2D eigenvalue weighted by Gasteiger charge is -2.30. The van der Waals surface area contributed by atoms with Gasteiger partial charge in [-0.1, -0.05) is 60.3 Å². The third kappa shape index (κ3) is 8.65. The first-order valence-electron chi connectivity index (χ1n) is 18.7. The Morgan fingerprint density at radius 2 is 1.77 bits per heavy atom. The van der Waals surface area contributed by atoms with Crippen molar-refractivity contribution < 1.29 is 46.3 Å². The van der Waals surface area contributed by atoms with Crippen molar-refractivity contribution in [2.24, 2.45) is 5.92 Å². The van der Waals surface area contributed by atoms with E-state index < -0.39 is 75.4 Å². The summed E-state index contributed by atoms with van der Waals surface area (Å²) in [6.45, 7) is -0.131. The van der Waals surface area contributed by atoms with Gasteiger partial charge in [-0.2, -0.15) is 0 Å². The Bertz CT molecular complexity index is 2040. The molecule has 56 heavy (non-hydrogen) atoms. The third-order valence-corrected chi connectivity index (χ3v) is 14.2. The maximum atomic E-state index is 14.5. The van der Waals surface area contributed by atoms with Crippen LogP contribution in [0.15, 0.2) is 41.3 Å². The molecule has 5 amide bonds. The summed E-state index contributed by atoms with van der Waals surface area (Å²) in [6, 6.07) is 3.33. The molecule has 5 aliphatic rings. The third-order valence-electron chi connectivity index (χ3n) is 11.1. The molecule has 3 N–H and O–H groups in total. The van der Waals surface area contributed by atoms with Crippen LogP contribution in [0.3, 0.4) is 0 Å². The van der Waals surface area contributed by atoms with Crippen LogP contribution in [0, 0.1) is 11.7 Å². The van der Waals surface area contributed by atoms with E-state index >= 15 is 0 Å². The van der Waals surface area contributed by atoms with Crippen molar-refractivity contribution in [1.29, 1.82) is 0 Å². The van der Waals surface area contributed by atoms with Gasteiger partial charge in [0.05, 0.1) is 17.4 Å². The molecule has 0 bridgehead atoms. The lowest BCUT2D eigenvalue weighted by atomic mass is 10.0. The predicted octanol–water partition coefficient (Wildman–Crippen LogP) is 5.55. The van der Waals surface area contributed by atoms with Crippen LogP contribution < -0.4 is 15.4 Å². The number of carbonyl (C=O) groups excluding carboxylic acids is 5. The SMILES string of the molecule is O=C(N[C@H]1CCCCC/C=C\[C@@H]2C[C@@]2(C(=O)NS(=O)(=O)c2cc(Cl)sc2Cl)NC(=O)[C@@H]2C[C@@H](OC(=O)N3Cc4cccc(F)c4C3)CN2C1=O)OC1CCCC1. The molecule has 3 fully saturated rings. The number of nitrogens with one attached hydrogen (secondary N) is 3. The molecule has 2 aliphatic carbocycles. The minimum absolute atomic E-state index is 0.0204. The van der Waals surface area contributed by atoms with Crippen molar-refractivity contribution in [3.8, 4) is 0 Å². The summed E-state index contributed by atoms with van der Waals surface area (Å²) in [7, 11) is -4.50. The second-order valence-corrected chi connectivity index (χ2v) is 18.9. The van der Waals surface area contributed by atoms with Gasteiger partial charge in [0.25, 0.3) is 15.9 Å². The summed E-state index contributed by atoms with van der Waals surface area (Å²) >= 11 is 12.9. The maximum Gasteiger partial charge on any atom is 0.410 e. The van der Waals surface area contributed by atoms with Crippen molar-refractivity contribution >= 4 is 74.5 Å². The largest absolute Gasteiger partial charge is 0.446 e. The Kier molecular flexibility index (Phi) is 11.9. The first-order chi connectivity index (χ1) is 26.7. The Morgan fingerprint density at radius 1 is 1.00 bits per heavy atom. The monoisotopic (exact) mass is 853 g/mol. The molecule has 1 saturated heterocycles. The van der Waals surface area contributed by atoms with Crippen molar-refractivity contribution in [1.82, 2.24) is 25.2 Å². The highest BCUT2D eigenvalue weighted by Gasteiger charge is 2.62. The number of ether oxygens (including phenoxy) is 2. The molecule has 302 valence electrons. The molecule has 14 nitrogen and oxygen atoms in total. The highest BCUT2D eigenvalue weighted by molar-refractivity contribution is 7.90. The van der Waals surface area contributed by atoms with E-state index in [-0.39, 0.29) is 58.6 Å². The zero-order valence-electron chi connectivity index (χ0n) is 30.3. The molecule has 2 aromatic rings. The number of rotatable bonds is 6. The number of alkyl carbamates (subject to hydrolysis) is 1. The van der Waals surface area contributed by atoms with Crippen molar-refractivity contribution in [3.05, 3.63) is 62.0 Å². The minimum Gasteiger partial charge on any atom is -0.446 e. The number of carbonyl (C=O) groups is 5. The zero-order chi connectivity index (χ0) is 39.8.